The zero-order valence-corrected chi connectivity index (χ0v) is 16.5. The van der Waals surface area contributed by atoms with Gasteiger partial charge >= 0.3 is 18.2 Å². The maximum Gasteiger partial charge on any atom is 0.455 e. The fraction of sp³-hybridized carbons (Fsp3) is 0.318. The van der Waals surface area contributed by atoms with Gasteiger partial charge in [0.05, 0.1) is 0 Å². The Kier molecular flexibility index (Phi) is 6.76. The molecule has 8 heteroatoms. The Labute approximate surface area is 171 Å². The Balaban J connectivity index is 2.52. The number of alkyl carbamates (subject to hydrolysis) is 1. The predicted octanol–water partition coefficient (Wildman–Crippen LogP) is 5.85. The van der Waals surface area contributed by atoms with E-state index < -0.39 is 35.4 Å². The van der Waals surface area contributed by atoms with Crippen molar-refractivity contribution < 1.29 is 31.5 Å². The standard InChI is InChI=1S/C22H20F5NO2/c1-20(2,3)30-19(29)28-18(21(23,24)22(25,26)27)17-12-8-7-11-16(17)14-13-15-9-5-4-6-10-15/h4-12,18H,1-3H3,(H,28,29). The highest BCUT2D eigenvalue weighted by Crippen LogP contribution is 2.45. The number of benzene rings is 2. The molecule has 1 atom stereocenters. The summed E-state index contributed by atoms with van der Waals surface area (Å²) in [6.45, 7) is 4.38. The zero-order valence-electron chi connectivity index (χ0n) is 16.5. The Morgan fingerprint density at radius 1 is 0.900 bits per heavy atom. The Hall–Kier alpha value is -3.08. The van der Waals surface area contributed by atoms with Gasteiger partial charge in [0.25, 0.3) is 0 Å². The van der Waals surface area contributed by atoms with Gasteiger partial charge in [0.1, 0.15) is 11.6 Å². The topological polar surface area (TPSA) is 38.3 Å². The number of carbonyl (C=O) groups excluding carboxylic acids is 1. The van der Waals surface area contributed by atoms with E-state index in [0.717, 1.165) is 6.07 Å². The monoisotopic (exact) mass is 425 g/mol. The summed E-state index contributed by atoms with van der Waals surface area (Å²) in [5.41, 5.74) is -1.10. The summed E-state index contributed by atoms with van der Waals surface area (Å²) in [5.74, 6) is 0.0607. The van der Waals surface area contributed by atoms with E-state index >= 15 is 0 Å². The molecule has 3 nitrogen and oxygen atoms in total. The lowest BCUT2D eigenvalue weighted by atomic mass is 9.95. The summed E-state index contributed by atoms with van der Waals surface area (Å²) in [7, 11) is 0. The van der Waals surface area contributed by atoms with Crippen molar-refractivity contribution in [1.29, 1.82) is 0 Å². The minimum absolute atomic E-state index is 0.0775. The second-order valence-corrected chi connectivity index (χ2v) is 7.40. The van der Waals surface area contributed by atoms with Crippen molar-refractivity contribution in [1.82, 2.24) is 5.32 Å². The van der Waals surface area contributed by atoms with Crippen LogP contribution in [0.2, 0.25) is 0 Å². The third kappa shape index (κ3) is 5.96. The first-order valence-electron chi connectivity index (χ1n) is 8.91. The van der Waals surface area contributed by atoms with Crippen LogP contribution in [0.5, 0.6) is 0 Å². The largest absolute Gasteiger partial charge is 0.455 e. The Morgan fingerprint density at radius 2 is 1.47 bits per heavy atom. The summed E-state index contributed by atoms with van der Waals surface area (Å²) in [6, 6.07) is 10.9. The van der Waals surface area contributed by atoms with E-state index in [1.807, 2.05) is 0 Å². The lowest BCUT2D eigenvalue weighted by molar-refractivity contribution is -0.293. The minimum Gasteiger partial charge on any atom is -0.444 e. The molecule has 1 N–H and O–H groups in total. The minimum atomic E-state index is -5.91. The molecule has 0 saturated carbocycles. The first-order chi connectivity index (χ1) is 13.8. The first kappa shape index (κ1) is 23.2. The van der Waals surface area contributed by atoms with E-state index in [-0.39, 0.29) is 5.56 Å². The number of hydrogen-bond donors (Lipinski definition) is 1. The van der Waals surface area contributed by atoms with Crippen molar-refractivity contribution in [2.24, 2.45) is 0 Å². The molecule has 1 amide bonds. The second-order valence-electron chi connectivity index (χ2n) is 7.40. The van der Waals surface area contributed by atoms with Gasteiger partial charge in [-0.3, -0.25) is 0 Å². The smallest absolute Gasteiger partial charge is 0.444 e. The lowest BCUT2D eigenvalue weighted by Crippen LogP contribution is -2.50. The van der Waals surface area contributed by atoms with Gasteiger partial charge in [0, 0.05) is 11.1 Å². The van der Waals surface area contributed by atoms with Gasteiger partial charge in [-0.25, -0.2) is 4.79 Å². The van der Waals surface area contributed by atoms with Crippen LogP contribution in [0, 0.1) is 11.8 Å². The maximum atomic E-state index is 14.4. The van der Waals surface area contributed by atoms with E-state index in [1.54, 1.807) is 35.6 Å². The van der Waals surface area contributed by atoms with Crippen LogP contribution in [-0.4, -0.2) is 23.8 Å². The van der Waals surface area contributed by atoms with Gasteiger partial charge in [0.15, 0.2) is 0 Å². The third-order valence-electron chi connectivity index (χ3n) is 3.79. The molecule has 0 aliphatic carbocycles. The first-order valence-corrected chi connectivity index (χ1v) is 8.91. The normalized spacial score (nSPS) is 13.1. The van der Waals surface area contributed by atoms with Gasteiger partial charge in [-0.05, 0) is 44.5 Å². The van der Waals surface area contributed by atoms with Crippen LogP contribution in [0.4, 0.5) is 26.7 Å². The Morgan fingerprint density at radius 3 is 2.03 bits per heavy atom. The average Bonchev–Trinajstić information content (AvgIpc) is 2.63. The lowest BCUT2D eigenvalue weighted by Gasteiger charge is -2.31. The number of alkyl halides is 5. The van der Waals surface area contributed by atoms with E-state index in [0.29, 0.717) is 5.56 Å². The summed E-state index contributed by atoms with van der Waals surface area (Å²) in [5, 5.41) is 1.68. The van der Waals surface area contributed by atoms with Gasteiger partial charge in [-0.15, -0.1) is 0 Å². The van der Waals surface area contributed by atoms with Crippen LogP contribution in [-0.2, 0) is 4.74 Å². The highest BCUT2D eigenvalue weighted by atomic mass is 19.4. The molecule has 0 saturated heterocycles. The molecule has 0 fully saturated rings. The predicted molar refractivity (Wildman–Crippen MR) is 102 cm³/mol. The molecule has 2 aromatic rings. The van der Waals surface area contributed by atoms with Crippen molar-refractivity contribution >= 4 is 6.09 Å². The average molecular weight is 425 g/mol. The molecule has 0 aromatic heterocycles. The summed E-state index contributed by atoms with van der Waals surface area (Å²) < 4.78 is 73.1. The van der Waals surface area contributed by atoms with Crippen molar-refractivity contribution in [3.8, 4) is 11.8 Å². The number of halogens is 5. The van der Waals surface area contributed by atoms with Gasteiger partial charge in [0.2, 0.25) is 0 Å². The number of amides is 1. The number of rotatable bonds is 3. The van der Waals surface area contributed by atoms with Gasteiger partial charge < -0.3 is 10.1 Å². The summed E-state index contributed by atoms with van der Waals surface area (Å²) >= 11 is 0. The molecule has 2 rings (SSSR count). The fourth-order valence-corrected chi connectivity index (χ4v) is 2.48. The van der Waals surface area contributed by atoms with Crippen molar-refractivity contribution in [3.63, 3.8) is 0 Å². The van der Waals surface area contributed by atoms with Crippen LogP contribution in [0.1, 0.15) is 43.5 Å². The molecule has 0 heterocycles. The maximum absolute atomic E-state index is 14.4. The van der Waals surface area contributed by atoms with Crippen LogP contribution in [0.25, 0.3) is 0 Å². The molecule has 0 bridgehead atoms. The number of carbonyl (C=O) groups is 1. The van der Waals surface area contributed by atoms with Crippen molar-refractivity contribution in [2.45, 2.75) is 44.5 Å². The zero-order chi connectivity index (χ0) is 22.6. The Bertz CT molecular complexity index is 938. The van der Waals surface area contributed by atoms with Crippen molar-refractivity contribution in [3.05, 3.63) is 71.3 Å². The molecule has 160 valence electrons. The van der Waals surface area contributed by atoms with Crippen LogP contribution in [0.3, 0.4) is 0 Å². The molecule has 2 aromatic carbocycles. The third-order valence-corrected chi connectivity index (χ3v) is 3.79. The van der Waals surface area contributed by atoms with Crippen LogP contribution in [0.15, 0.2) is 54.6 Å². The molecule has 0 aliphatic rings. The summed E-state index contributed by atoms with van der Waals surface area (Å²) in [6.07, 6.45) is -7.31. The molecule has 0 radical (unpaired) electrons. The molecule has 30 heavy (non-hydrogen) atoms. The van der Waals surface area contributed by atoms with Crippen LogP contribution < -0.4 is 5.32 Å². The number of nitrogens with one attached hydrogen (secondary N) is 1. The number of ether oxygens (including phenoxy) is 1. The molecular formula is C22H20F5NO2. The molecular weight excluding hydrogens is 405 g/mol. The molecule has 0 aliphatic heterocycles. The SMILES string of the molecule is CC(C)(C)OC(=O)NC(c1ccccc1C#Cc1ccccc1)C(F)(F)C(F)(F)F. The quantitative estimate of drug-likeness (QED) is 0.495. The van der Waals surface area contributed by atoms with Crippen molar-refractivity contribution in [2.75, 3.05) is 0 Å². The summed E-state index contributed by atoms with van der Waals surface area (Å²) in [4.78, 5) is 12.0. The second kappa shape index (κ2) is 8.74. The van der Waals surface area contributed by atoms with E-state index in [9.17, 15) is 26.7 Å². The van der Waals surface area contributed by atoms with Crippen LogP contribution >= 0.6 is 0 Å². The molecule has 0 spiro atoms. The van der Waals surface area contributed by atoms with E-state index in [1.165, 1.54) is 39.0 Å². The van der Waals surface area contributed by atoms with E-state index in [2.05, 4.69) is 11.8 Å². The fourth-order valence-electron chi connectivity index (χ4n) is 2.48. The van der Waals surface area contributed by atoms with E-state index in [4.69, 9.17) is 4.74 Å². The highest BCUT2D eigenvalue weighted by Gasteiger charge is 2.63. The highest BCUT2D eigenvalue weighted by molar-refractivity contribution is 5.69. The van der Waals surface area contributed by atoms with Gasteiger partial charge in [-0.2, -0.15) is 22.0 Å². The van der Waals surface area contributed by atoms with Gasteiger partial charge in [-0.1, -0.05) is 48.2 Å². The molecule has 1 unspecified atom stereocenters. The number of hydrogen-bond acceptors (Lipinski definition) is 2.